The third-order valence-electron chi connectivity index (χ3n) is 1.91. The number of carbonyl (C=O) groups is 2. The minimum atomic E-state index is -0.687. The first kappa shape index (κ1) is 11.0. The fraction of sp³-hybridized carbons (Fsp3) is 0.200. The summed E-state index contributed by atoms with van der Waals surface area (Å²) < 4.78 is 4.46. The van der Waals surface area contributed by atoms with E-state index in [-0.39, 0.29) is 17.0 Å². The van der Waals surface area contributed by atoms with Crippen LogP contribution in [-0.4, -0.2) is 18.9 Å². The van der Waals surface area contributed by atoms with Gasteiger partial charge in [-0.3, -0.25) is 4.79 Å². The summed E-state index contributed by atoms with van der Waals surface area (Å²) in [5.74, 6) is -0.884. The molecule has 0 N–H and O–H groups in total. The van der Waals surface area contributed by atoms with Crippen molar-refractivity contribution in [2.24, 2.45) is 5.18 Å². The quantitative estimate of drug-likeness (QED) is 0.432. The zero-order chi connectivity index (χ0) is 11.4. The van der Waals surface area contributed by atoms with Crippen molar-refractivity contribution in [1.82, 2.24) is 0 Å². The molecule has 0 aliphatic heterocycles. The molecule has 0 aromatic heterocycles. The second-order valence-corrected chi connectivity index (χ2v) is 2.87. The SMILES string of the molecule is COC(=O)c1cc(C(C)=O)ccc1N=O. The molecule has 0 radical (unpaired) electrons. The van der Waals surface area contributed by atoms with Gasteiger partial charge in [0.1, 0.15) is 5.69 Å². The second kappa shape index (κ2) is 4.45. The van der Waals surface area contributed by atoms with Crippen LogP contribution in [0.2, 0.25) is 0 Å². The highest BCUT2D eigenvalue weighted by Gasteiger charge is 2.14. The number of nitrogens with zero attached hydrogens (tertiary/aromatic N) is 1. The van der Waals surface area contributed by atoms with Crippen LogP contribution in [0.5, 0.6) is 0 Å². The molecule has 78 valence electrons. The van der Waals surface area contributed by atoms with Gasteiger partial charge in [0.2, 0.25) is 0 Å². The summed E-state index contributed by atoms with van der Waals surface area (Å²) in [6.07, 6.45) is 0. The highest BCUT2D eigenvalue weighted by atomic mass is 16.5. The van der Waals surface area contributed by atoms with Crippen LogP contribution in [0.25, 0.3) is 0 Å². The van der Waals surface area contributed by atoms with Gasteiger partial charge in [0, 0.05) is 5.56 Å². The van der Waals surface area contributed by atoms with Crippen LogP contribution in [0, 0.1) is 4.91 Å². The lowest BCUT2D eigenvalue weighted by Gasteiger charge is -2.03. The van der Waals surface area contributed by atoms with Gasteiger partial charge in [-0.05, 0) is 30.3 Å². The zero-order valence-electron chi connectivity index (χ0n) is 8.31. The normalized spacial score (nSPS) is 9.47. The van der Waals surface area contributed by atoms with Crippen molar-refractivity contribution in [3.05, 3.63) is 34.2 Å². The van der Waals surface area contributed by atoms with Crippen LogP contribution >= 0.6 is 0 Å². The minimum Gasteiger partial charge on any atom is -0.465 e. The van der Waals surface area contributed by atoms with Gasteiger partial charge in [-0.15, -0.1) is 4.91 Å². The maximum atomic E-state index is 11.2. The molecule has 5 nitrogen and oxygen atoms in total. The van der Waals surface area contributed by atoms with Crippen molar-refractivity contribution in [3.8, 4) is 0 Å². The van der Waals surface area contributed by atoms with Gasteiger partial charge in [0.25, 0.3) is 0 Å². The molecular formula is C10H9NO4. The average molecular weight is 207 g/mol. The predicted octanol–water partition coefficient (Wildman–Crippen LogP) is 2.07. The Morgan fingerprint density at radius 2 is 2.00 bits per heavy atom. The molecule has 0 unspecified atom stereocenters. The summed E-state index contributed by atoms with van der Waals surface area (Å²) in [7, 11) is 1.19. The first-order valence-electron chi connectivity index (χ1n) is 4.16. The Morgan fingerprint density at radius 3 is 2.47 bits per heavy atom. The number of carbonyl (C=O) groups excluding carboxylic acids is 2. The molecule has 1 aromatic rings. The number of hydrogen-bond donors (Lipinski definition) is 0. The van der Waals surface area contributed by atoms with Gasteiger partial charge >= 0.3 is 5.97 Å². The average Bonchev–Trinajstić information content (AvgIpc) is 2.27. The summed E-state index contributed by atoms with van der Waals surface area (Å²) in [5, 5.41) is 2.68. The number of ketones is 1. The lowest BCUT2D eigenvalue weighted by molar-refractivity contribution is 0.0601. The van der Waals surface area contributed by atoms with Crippen molar-refractivity contribution in [2.75, 3.05) is 7.11 Å². The van der Waals surface area contributed by atoms with Crippen molar-refractivity contribution >= 4 is 17.4 Å². The van der Waals surface area contributed by atoms with Gasteiger partial charge in [-0.1, -0.05) is 0 Å². The maximum Gasteiger partial charge on any atom is 0.340 e. The Balaban J connectivity index is 3.31. The van der Waals surface area contributed by atoms with E-state index in [1.165, 1.54) is 32.2 Å². The molecule has 0 saturated heterocycles. The molecule has 0 atom stereocenters. The van der Waals surface area contributed by atoms with E-state index < -0.39 is 5.97 Å². The summed E-state index contributed by atoms with van der Waals surface area (Å²) >= 11 is 0. The highest BCUT2D eigenvalue weighted by molar-refractivity contribution is 6.00. The molecule has 0 saturated carbocycles. The largest absolute Gasteiger partial charge is 0.465 e. The molecular weight excluding hydrogens is 198 g/mol. The first-order valence-corrected chi connectivity index (χ1v) is 4.16. The molecule has 15 heavy (non-hydrogen) atoms. The van der Waals surface area contributed by atoms with E-state index in [0.29, 0.717) is 5.56 Å². The molecule has 0 bridgehead atoms. The van der Waals surface area contributed by atoms with Crippen molar-refractivity contribution in [2.45, 2.75) is 6.92 Å². The van der Waals surface area contributed by atoms with E-state index in [4.69, 9.17) is 0 Å². The van der Waals surface area contributed by atoms with Gasteiger partial charge in [-0.25, -0.2) is 4.79 Å². The maximum absolute atomic E-state index is 11.2. The Hall–Kier alpha value is -2.04. The van der Waals surface area contributed by atoms with Gasteiger partial charge in [-0.2, -0.15) is 0 Å². The molecule has 1 rings (SSSR count). The Bertz CT molecular complexity index is 425. The predicted molar refractivity (Wildman–Crippen MR) is 53.2 cm³/mol. The molecule has 0 aliphatic carbocycles. The summed E-state index contributed by atoms with van der Waals surface area (Å²) in [4.78, 5) is 32.7. The Kier molecular flexibility index (Phi) is 3.28. The van der Waals surface area contributed by atoms with Crippen molar-refractivity contribution in [1.29, 1.82) is 0 Å². The van der Waals surface area contributed by atoms with Crippen LogP contribution in [-0.2, 0) is 4.74 Å². The van der Waals surface area contributed by atoms with E-state index in [2.05, 4.69) is 9.91 Å². The monoisotopic (exact) mass is 207 g/mol. The van der Waals surface area contributed by atoms with Gasteiger partial charge in [0.05, 0.1) is 12.7 Å². The number of rotatable bonds is 3. The van der Waals surface area contributed by atoms with Crippen molar-refractivity contribution in [3.63, 3.8) is 0 Å². The third-order valence-corrected chi connectivity index (χ3v) is 1.91. The lowest BCUT2D eigenvalue weighted by atomic mass is 10.1. The summed E-state index contributed by atoms with van der Waals surface area (Å²) in [5.41, 5.74) is 0.301. The number of esters is 1. The molecule has 1 aromatic carbocycles. The molecule has 5 heteroatoms. The molecule has 0 spiro atoms. The fourth-order valence-corrected chi connectivity index (χ4v) is 1.11. The number of methoxy groups -OCH3 is 1. The van der Waals surface area contributed by atoms with Crippen LogP contribution in [0.4, 0.5) is 5.69 Å². The zero-order valence-corrected chi connectivity index (χ0v) is 8.31. The van der Waals surface area contributed by atoms with Crippen LogP contribution in [0.3, 0.4) is 0 Å². The van der Waals surface area contributed by atoms with Crippen LogP contribution in [0.1, 0.15) is 27.6 Å². The van der Waals surface area contributed by atoms with Crippen molar-refractivity contribution < 1.29 is 14.3 Å². The van der Waals surface area contributed by atoms with E-state index in [1.54, 1.807) is 0 Å². The fourth-order valence-electron chi connectivity index (χ4n) is 1.11. The number of ether oxygens (including phenoxy) is 1. The smallest absolute Gasteiger partial charge is 0.340 e. The van der Waals surface area contributed by atoms with E-state index in [9.17, 15) is 14.5 Å². The molecule has 0 aliphatic rings. The van der Waals surface area contributed by atoms with Gasteiger partial charge in [0.15, 0.2) is 5.78 Å². The Morgan fingerprint density at radius 1 is 1.33 bits per heavy atom. The van der Waals surface area contributed by atoms with Gasteiger partial charge < -0.3 is 4.74 Å². The topological polar surface area (TPSA) is 72.8 Å². The summed E-state index contributed by atoms with van der Waals surface area (Å²) in [6, 6.07) is 4.05. The number of nitroso groups, excluding NO2 is 1. The highest BCUT2D eigenvalue weighted by Crippen LogP contribution is 2.21. The minimum absolute atomic E-state index is 0.000185. The van der Waals surface area contributed by atoms with E-state index in [1.807, 2.05) is 0 Å². The third kappa shape index (κ3) is 2.25. The first-order chi connectivity index (χ1) is 7.10. The number of hydrogen-bond acceptors (Lipinski definition) is 5. The lowest BCUT2D eigenvalue weighted by Crippen LogP contribution is -2.03. The molecule has 0 fully saturated rings. The molecule has 0 amide bonds. The number of Topliss-reactive ketones (excluding diaryl/α,β-unsaturated/α-hetero) is 1. The molecule has 0 heterocycles. The Labute approximate surface area is 86.0 Å². The summed E-state index contributed by atoms with van der Waals surface area (Å²) in [6.45, 7) is 1.37. The van der Waals surface area contributed by atoms with Crippen LogP contribution < -0.4 is 0 Å². The van der Waals surface area contributed by atoms with E-state index >= 15 is 0 Å². The second-order valence-electron chi connectivity index (χ2n) is 2.87. The van der Waals surface area contributed by atoms with E-state index in [0.717, 1.165) is 0 Å². The number of benzene rings is 1. The standard InChI is InChI=1S/C10H9NO4/c1-6(12)7-3-4-9(11-14)8(5-7)10(13)15-2/h3-5H,1-2H3. The van der Waals surface area contributed by atoms with Crippen LogP contribution in [0.15, 0.2) is 23.4 Å².